The fraction of sp³-hybridized carbons (Fsp3) is 0. The molecule has 2 aromatic carbocycles. The van der Waals surface area contributed by atoms with E-state index in [-0.39, 0.29) is 0 Å². The van der Waals surface area contributed by atoms with Crippen molar-refractivity contribution in [3.05, 3.63) is 59.3 Å². The Kier molecular flexibility index (Phi) is 2.29. The summed E-state index contributed by atoms with van der Waals surface area (Å²) < 4.78 is 6.58. The van der Waals surface area contributed by atoms with Gasteiger partial charge in [0, 0.05) is 10.9 Å². The minimum absolute atomic E-state index is 0.904. The molecule has 0 fully saturated rings. The van der Waals surface area contributed by atoms with Crippen molar-refractivity contribution in [2.75, 3.05) is 0 Å². The fourth-order valence-corrected chi connectivity index (χ4v) is 2.32. The van der Waals surface area contributed by atoms with Crippen molar-refractivity contribution in [1.29, 1.82) is 0 Å². The second kappa shape index (κ2) is 3.80. The van der Waals surface area contributed by atoms with Gasteiger partial charge in [-0.15, -0.1) is 0 Å². The van der Waals surface area contributed by atoms with Gasteiger partial charge >= 0.3 is 0 Å². The zero-order valence-corrected chi connectivity index (χ0v) is 10.1. The molecule has 3 rings (SSSR count). The molecule has 1 nitrogen and oxygen atoms in total. The van der Waals surface area contributed by atoms with Crippen LogP contribution in [0.15, 0.2) is 63.7 Å². The highest BCUT2D eigenvalue weighted by Crippen LogP contribution is 2.33. The third-order valence-corrected chi connectivity index (χ3v) is 3.26. The first-order valence-electron chi connectivity index (χ1n) is 5.07. The Morgan fingerprint density at radius 1 is 0.875 bits per heavy atom. The summed E-state index contributed by atoms with van der Waals surface area (Å²) in [5, 5.41) is 1.14. The lowest BCUT2D eigenvalue weighted by Crippen LogP contribution is -1.74. The average Bonchev–Trinajstić information content (AvgIpc) is 2.75. The number of halogens is 1. The van der Waals surface area contributed by atoms with Crippen LogP contribution in [0.3, 0.4) is 0 Å². The van der Waals surface area contributed by atoms with Crippen LogP contribution in [0.1, 0.15) is 0 Å². The largest absolute Gasteiger partial charge is 0.462 e. The number of benzene rings is 2. The Labute approximate surface area is 102 Å². The van der Waals surface area contributed by atoms with Crippen molar-refractivity contribution >= 4 is 26.9 Å². The lowest BCUT2D eigenvalue weighted by Gasteiger charge is -1.97. The van der Waals surface area contributed by atoms with Gasteiger partial charge in [0.25, 0.3) is 0 Å². The van der Waals surface area contributed by atoms with Crippen molar-refractivity contribution in [1.82, 2.24) is 0 Å². The van der Waals surface area contributed by atoms with Gasteiger partial charge in [-0.1, -0.05) is 42.5 Å². The Bertz CT molecular complexity index is 626. The van der Waals surface area contributed by atoms with E-state index in [1.54, 1.807) is 0 Å². The molecule has 16 heavy (non-hydrogen) atoms. The molecule has 0 saturated heterocycles. The summed E-state index contributed by atoms with van der Waals surface area (Å²) in [7, 11) is 0. The predicted octanol–water partition coefficient (Wildman–Crippen LogP) is 4.86. The van der Waals surface area contributed by atoms with Crippen LogP contribution in [0.25, 0.3) is 22.1 Å². The predicted molar refractivity (Wildman–Crippen MR) is 69.4 cm³/mol. The summed E-state index contributed by atoms with van der Waals surface area (Å²) in [6.07, 6.45) is 1.81. The molecule has 0 N–H and O–H groups in total. The molecule has 0 aliphatic rings. The SMILES string of the molecule is Brc1cccc2c(-c3ccccc3)coc12. The summed E-state index contributed by atoms with van der Waals surface area (Å²) in [6.45, 7) is 0. The second-order valence-corrected chi connectivity index (χ2v) is 4.49. The molecular weight excluding hydrogens is 264 g/mol. The topological polar surface area (TPSA) is 13.1 Å². The third-order valence-electron chi connectivity index (χ3n) is 2.64. The highest BCUT2D eigenvalue weighted by Gasteiger charge is 2.09. The monoisotopic (exact) mass is 272 g/mol. The molecule has 0 aliphatic carbocycles. The van der Waals surface area contributed by atoms with Gasteiger partial charge in [-0.25, -0.2) is 0 Å². The molecule has 3 aromatic rings. The number of fused-ring (bicyclic) bond motifs is 1. The van der Waals surface area contributed by atoms with Gasteiger partial charge < -0.3 is 4.42 Å². The lowest BCUT2D eigenvalue weighted by molar-refractivity contribution is 0.615. The molecule has 2 heteroatoms. The van der Waals surface area contributed by atoms with Crippen LogP contribution in [-0.2, 0) is 0 Å². The van der Waals surface area contributed by atoms with Crippen molar-refractivity contribution in [2.24, 2.45) is 0 Å². The fourth-order valence-electron chi connectivity index (χ4n) is 1.86. The van der Waals surface area contributed by atoms with Crippen molar-refractivity contribution < 1.29 is 4.42 Å². The summed E-state index contributed by atoms with van der Waals surface area (Å²) >= 11 is 3.49. The maximum atomic E-state index is 5.59. The third kappa shape index (κ3) is 1.46. The van der Waals surface area contributed by atoms with Gasteiger partial charge in [-0.2, -0.15) is 0 Å². The van der Waals surface area contributed by atoms with Crippen LogP contribution in [0.4, 0.5) is 0 Å². The molecule has 0 saturated carbocycles. The summed E-state index contributed by atoms with van der Waals surface area (Å²) in [5.41, 5.74) is 3.22. The van der Waals surface area contributed by atoms with E-state index in [0.29, 0.717) is 0 Å². The lowest BCUT2D eigenvalue weighted by atomic mass is 10.1. The van der Waals surface area contributed by atoms with Gasteiger partial charge in [-0.05, 0) is 27.6 Å². The quantitative estimate of drug-likeness (QED) is 0.617. The maximum absolute atomic E-state index is 5.59. The highest BCUT2D eigenvalue weighted by molar-refractivity contribution is 9.10. The van der Waals surface area contributed by atoms with Crippen LogP contribution in [0.2, 0.25) is 0 Å². The Balaban J connectivity index is 2.30. The number of furan rings is 1. The first-order chi connectivity index (χ1) is 7.86. The summed E-state index contributed by atoms with van der Waals surface area (Å²) in [6, 6.07) is 16.3. The number of para-hydroxylation sites is 1. The van der Waals surface area contributed by atoms with Crippen LogP contribution in [0, 0.1) is 0 Å². The van der Waals surface area contributed by atoms with Crippen molar-refractivity contribution in [3.63, 3.8) is 0 Å². The minimum atomic E-state index is 0.904. The standard InChI is InChI=1S/C14H9BrO/c15-13-8-4-7-11-12(9-16-14(11)13)10-5-2-1-3-6-10/h1-9H. The summed E-state index contributed by atoms with van der Waals surface area (Å²) in [4.78, 5) is 0. The first-order valence-corrected chi connectivity index (χ1v) is 5.87. The molecule has 1 heterocycles. The second-order valence-electron chi connectivity index (χ2n) is 3.63. The van der Waals surface area contributed by atoms with E-state index in [4.69, 9.17) is 4.42 Å². The smallest absolute Gasteiger partial charge is 0.148 e. The van der Waals surface area contributed by atoms with Gasteiger partial charge in [0.2, 0.25) is 0 Å². The van der Waals surface area contributed by atoms with Gasteiger partial charge in [0.05, 0.1) is 10.7 Å². The van der Waals surface area contributed by atoms with Crippen LogP contribution >= 0.6 is 15.9 Å². The van der Waals surface area contributed by atoms with Crippen molar-refractivity contribution in [3.8, 4) is 11.1 Å². The van der Waals surface area contributed by atoms with E-state index in [0.717, 1.165) is 21.0 Å². The molecular formula is C14H9BrO. The Hall–Kier alpha value is -1.54. The van der Waals surface area contributed by atoms with Crippen LogP contribution in [-0.4, -0.2) is 0 Å². The zero-order valence-electron chi connectivity index (χ0n) is 8.48. The summed E-state index contributed by atoms with van der Waals surface area (Å²) in [5.74, 6) is 0. The molecule has 0 amide bonds. The molecule has 0 unspecified atom stereocenters. The zero-order chi connectivity index (χ0) is 11.0. The molecule has 78 valence electrons. The average molecular weight is 273 g/mol. The van der Waals surface area contributed by atoms with E-state index < -0.39 is 0 Å². The van der Waals surface area contributed by atoms with Crippen LogP contribution < -0.4 is 0 Å². The Morgan fingerprint density at radius 2 is 1.69 bits per heavy atom. The first kappa shape index (κ1) is 9.67. The van der Waals surface area contributed by atoms with Gasteiger partial charge in [0.15, 0.2) is 0 Å². The number of hydrogen-bond donors (Lipinski definition) is 0. The number of hydrogen-bond acceptors (Lipinski definition) is 1. The highest BCUT2D eigenvalue weighted by atomic mass is 79.9. The molecule has 0 radical (unpaired) electrons. The van der Waals surface area contributed by atoms with Gasteiger partial charge in [-0.3, -0.25) is 0 Å². The number of rotatable bonds is 1. The van der Waals surface area contributed by atoms with E-state index in [1.165, 1.54) is 5.56 Å². The molecule has 0 aliphatic heterocycles. The van der Waals surface area contributed by atoms with Gasteiger partial charge in [0.1, 0.15) is 5.58 Å². The molecule has 0 bridgehead atoms. The Morgan fingerprint density at radius 3 is 2.50 bits per heavy atom. The van der Waals surface area contributed by atoms with E-state index in [1.807, 2.05) is 36.6 Å². The minimum Gasteiger partial charge on any atom is -0.462 e. The van der Waals surface area contributed by atoms with E-state index >= 15 is 0 Å². The molecule has 1 aromatic heterocycles. The van der Waals surface area contributed by atoms with Crippen molar-refractivity contribution in [2.45, 2.75) is 0 Å². The van der Waals surface area contributed by atoms with E-state index in [2.05, 4.69) is 34.1 Å². The molecule has 0 spiro atoms. The van der Waals surface area contributed by atoms with Crippen LogP contribution in [0.5, 0.6) is 0 Å². The normalized spacial score (nSPS) is 10.8. The van der Waals surface area contributed by atoms with E-state index in [9.17, 15) is 0 Å². The maximum Gasteiger partial charge on any atom is 0.148 e. The molecule has 0 atom stereocenters.